The number of amides is 1. The summed E-state index contributed by atoms with van der Waals surface area (Å²) in [5.41, 5.74) is 1.90. The van der Waals surface area contributed by atoms with Gasteiger partial charge >= 0.3 is 12.1 Å². The highest BCUT2D eigenvalue weighted by Crippen LogP contribution is 2.30. The minimum Gasteiger partial charge on any atom is -0.497 e. The van der Waals surface area contributed by atoms with Gasteiger partial charge in [0, 0.05) is 18.4 Å². The second-order valence-corrected chi connectivity index (χ2v) is 6.69. The number of nitrogens with zero attached hydrogens (tertiary/aromatic N) is 3. The predicted molar refractivity (Wildman–Crippen MR) is 95.4 cm³/mol. The van der Waals surface area contributed by atoms with Gasteiger partial charge in [-0.15, -0.1) is 0 Å². The lowest BCUT2D eigenvalue weighted by atomic mass is 10.1. The van der Waals surface area contributed by atoms with E-state index in [-0.39, 0.29) is 24.8 Å². The molecule has 1 saturated heterocycles. The number of aromatic nitrogens is 2. The van der Waals surface area contributed by atoms with Crippen molar-refractivity contribution < 1.29 is 29.3 Å². The zero-order valence-corrected chi connectivity index (χ0v) is 15.2. The first-order valence-electron chi connectivity index (χ1n) is 8.54. The molecule has 1 aliphatic heterocycles. The van der Waals surface area contributed by atoms with E-state index in [1.807, 2.05) is 13.8 Å². The fraction of sp³-hybridized carbons (Fsp3) is 0.444. The second kappa shape index (κ2) is 7.26. The van der Waals surface area contributed by atoms with E-state index in [0.717, 1.165) is 4.90 Å². The van der Waals surface area contributed by atoms with Crippen LogP contribution in [0.1, 0.15) is 31.9 Å². The maximum atomic E-state index is 11.3. The van der Waals surface area contributed by atoms with Gasteiger partial charge in [0.15, 0.2) is 0 Å². The summed E-state index contributed by atoms with van der Waals surface area (Å²) in [6.45, 7) is 3.86. The van der Waals surface area contributed by atoms with E-state index < -0.39 is 24.2 Å². The Bertz CT molecular complexity index is 863. The molecule has 2 heterocycles. The van der Waals surface area contributed by atoms with Crippen LogP contribution in [-0.2, 0) is 4.79 Å². The van der Waals surface area contributed by atoms with Gasteiger partial charge in [0.2, 0.25) is 5.88 Å². The van der Waals surface area contributed by atoms with E-state index >= 15 is 0 Å². The number of aliphatic carboxylic acids is 1. The molecule has 0 radical (unpaired) electrons. The highest BCUT2D eigenvalue weighted by Gasteiger charge is 2.41. The average Bonchev–Trinajstić information content (AvgIpc) is 3.05. The summed E-state index contributed by atoms with van der Waals surface area (Å²) in [7, 11) is 1.56. The summed E-state index contributed by atoms with van der Waals surface area (Å²) in [5.74, 6) is -0.260. The molecule has 2 aromatic rings. The second-order valence-electron chi connectivity index (χ2n) is 6.69. The standard InChI is InChI=1S/C18H21N3O6/c1-9(2)15-16(20-13-6-10(26-3)4-5-12(13)19-15)27-11-7-14(17(22)23)21(8-11)18(24)25/h4-6,9,11,14H,7-8H2,1-3H3,(H,22,23)(H,24,25)/t11-,14-/m1/s1. The van der Waals surface area contributed by atoms with Crippen LogP contribution in [0.2, 0.25) is 0 Å². The highest BCUT2D eigenvalue weighted by molar-refractivity contribution is 5.80. The highest BCUT2D eigenvalue weighted by atomic mass is 16.5. The summed E-state index contributed by atoms with van der Waals surface area (Å²) < 4.78 is 11.1. The summed E-state index contributed by atoms with van der Waals surface area (Å²) in [5, 5.41) is 18.5. The van der Waals surface area contributed by atoms with Crippen LogP contribution in [0.3, 0.4) is 0 Å². The SMILES string of the molecule is COc1ccc2nc(C(C)C)c(O[C@@H]3C[C@H](C(=O)O)N(C(=O)O)C3)nc2c1. The largest absolute Gasteiger partial charge is 0.497 e. The molecule has 1 amide bonds. The molecule has 1 aromatic carbocycles. The number of methoxy groups -OCH3 is 1. The molecule has 9 nitrogen and oxygen atoms in total. The quantitative estimate of drug-likeness (QED) is 0.816. The Morgan fingerprint density at radius 2 is 1.96 bits per heavy atom. The van der Waals surface area contributed by atoms with Gasteiger partial charge in [-0.2, -0.15) is 0 Å². The van der Waals surface area contributed by atoms with Crippen molar-refractivity contribution in [3.8, 4) is 11.6 Å². The number of carboxylic acids is 1. The van der Waals surface area contributed by atoms with Crippen molar-refractivity contribution in [2.75, 3.05) is 13.7 Å². The van der Waals surface area contributed by atoms with Crippen LogP contribution in [0, 0.1) is 0 Å². The van der Waals surface area contributed by atoms with Gasteiger partial charge in [0.05, 0.1) is 24.7 Å². The number of rotatable bonds is 5. The minimum atomic E-state index is -1.29. The van der Waals surface area contributed by atoms with Crippen molar-refractivity contribution in [2.45, 2.75) is 38.3 Å². The molecule has 1 aliphatic rings. The number of benzene rings is 1. The third kappa shape index (κ3) is 3.71. The number of hydrogen-bond donors (Lipinski definition) is 2. The summed E-state index contributed by atoms with van der Waals surface area (Å²) in [6.07, 6.45) is -1.85. The van der Waals surface area contributed by atoms with Crippen LogP contribution in [0.15, 0.2) is 18.2 Å². The molecular weight excluding hydrogens is 354 g/mol. The number of carboxylic acid groups (broad SMARTS) is 2. The molecule has 0 aliphatic carbocycles. The monoisotopic (exact) mass is 375 g/mol. The predicted octanol–water partition coefficient (Wildman–Crippen LogP) is 2.35. The lowest BCUT2D eigenvalue weighted by Gasteiger charge is -2.18. The molecule has 0 spiro atoms. The number of likely N-dealkylation sites (tertiary alicyclic amines) is 1. The number of carbonyl (C=O) groups is 2. The molecule has 1 fully saturated rings. The Kier molecular flexibility index (Phi) is 5.02. The molecule has 144 valence electrons. The van der Waals surface area contributed by atoms with Gasteiger partial charge in [0.1, 0.15) is 23.6 Å². The van der Waals surface area contributed by atoms with Crippen molar-refractivity contribution in [2.24, 2.45) is 0 Å². The van der Waals surface area contributed by atoms with Crippen LogP contribution in [0.25, 0.3) is 11.0 Å². The van der Waals surface area contributed by atoms with Crippen molar-refractivity contribution in [3.05, 3.63) is 23.9 Å². The molecule has 0 bridgehead atoms. The van der Waals surface area contributed by atoms with Gasteiger partial charge in [-0.05, 0) is 12.1 Å². The summed E-state index contributed by atoms with van der Waals surface area (Å²) >= 11 is 0. The molecule has 2 atom stereocenters. The van der Waals surface area contributed by atoms with Crippen LogP contribution in [-0.4, -0.2) is 62.9 Å². The topological polar surface area (TPSA) is 122 Å². The molecule has 0 saturated carbocycles. The maximum absolute atomic E-state index is 11.3. The number of hydrogen-bond acceptors (Lipinski definition) is 6. The van der Waals surface area contributed by atoms with E-state index in [1.54, 1.807) is 25.3 Å². The molecule has 1 aromatic heterocycles. The van der Waals surface area contributed by atoms with E-state index in [0.29, 0.717) is 22.5 Å². The Morgan fingerprint density at radius 3 is 2.52 bits per heavy atom. The van der Waals surface area contributed by atoms with Crippen LogP contribution in [0.4, 0.5) is 4.79 Å². The average molecular weight is 375 g/mol. The molecule has 0 unspecified atom stereocenters. The maximum Gasteiger partial charge on any atom is 0.408 e. The lowest BCUT2D eigenvalue weighted by Crippen LogP contribution is -2.39. The molecule has 3 rings (SSSR count). The van der Waals surface area contributed by atoms with Crippen molar-refractivity contribution >= 4 is 23.1 Å². The third-order valence-electron chi connectivity index (χ3n) is 4.48. The zero-order chi connectivity index (χ0) is 19.7. The van der Waals surface area contributed by atoms with Crippen LogP contribution >= 0.6 is 0 Å². The fourth-order valence-electron chi connectivity index (χ4n) is 3.11. The Labute approximate surface area is 155 Å². The summed E-state index contributed by atoms with van der Waals surface area (Å²) in [6, 6.07) is 4.20. The third-order valence-corrected chi connectivity index (χ3v) is 4.48. The number of fused-ring (bicyclic) bond motifs is 1. The number of ether oxygens (including phenoxy) is 2. The molecular formula is C18H21N3O6. The zero-order valence-electron chi connectivity index (χ0n) is 15.2. The first-order chi connectivity index (χ1) is 12.8. The van der Waals surface area contributed by atoms with Crippen molar-refractivity contribution in [3.63, 3.8) is 0 Å². The van der Waals surface area contributed by atoms with Gasteiger partial charge in [-0.1, -0.05) is 13.8 Å². The molecule has 9 heteroatoms. The Morgan fingerprint density at radius 1 is 1.22 bits per heavy atom. The van der Waals surface area contributed by atoms with Gasteiger partial charge < -0.3 is 19.7 Å². The summed E-state index contributed by atoms with van der Waals surface area (Å²) in [4.78, 5) is 32.6. The van der Waals surface area contributed by atoms with Crippen molar-refractivity contribution in [1.82, 2.24) is 14.9 Å². The van der Waals surface area contributed by atoms with E-state index in [4.69, 9.17) is 9.47 Å². The van der Waals surface area contributed by atoms with Crippen LogP contribution in [0.5, 0.6) is 11.6 Å². The first kappa shape index (κ1) is 18.7. The first-order valence-corrected chi connectivity index (χ1v) is 8.54. The Balaban J connectivity index is 1.94. The van der Waals surface area contributed by atoms with E-state index in [9.17, 15) is 19.8 Å². The van der Waals surface area contributed by atoms with Crippen LogP contribution < -0.4 is 9.47 Å². The minimum absolute atomic E-state index is 0.0197. The molecule has 27 heavy (non-hydrogen) atoms. The normalized spacial score (nSPS) is 19.5. The Hall–Kier alpha value is -3.10. The van der Waals surface area contributed by atoms with Gasteiger partial charge in [-0.3, -0.25) is 4.90 Å². The van der Waals surface area contributed by atoms with E-state index in [2.05, 4.69) is 9.97 Å². The van der Waals surface area contributed by atoms with Gasteiger partial charge in [-0.25, -0.2) is 19.6 Å². The van der Waals surface area contributed by atoms with E-state index in [1.165, 1.54) is 0 Å². The van der Waals surface area contributed by atoms with Crippen molar-refractivity contribution in [1.29, 1.82) is 0 Å². The lowest BCUT2D eigenvalue weighted by molar-refractivity contribution is -0.141. The molecule has 2 N–H and O–H groups in total. The van der Waals surface area contributed by atoms with Gasteiger partial charge in [0.25, 0.3) is 0 Å². The fourth-order valence-corrected chi connectivity index (χ4v) is 3.11. The smallest absolute Gasteiger partial charge is 0.408 e.